The number of amides is 1. The summed E-state index contributed by atoms with van der Waals surface area (Å²) in [5, 5.41) is 12.8. The third-order valence-electron chi connectivity index (χ3n) is 5.26. The van der Waals surface area contributed by atoms with Crippen LogP contribution in [-0.2, 0) is 0 Å². The summed E-state index contributed by atoms with van der Waals surface area (Å²) in [4.78, 5) is 16.6. The largest absolute Gasteiger partial charge is 0.387 e. The summed E-state index contributed by atoms with van der Waals surface area (Å²) in [5.74, 6) is -1.73. The van der Waals surface area contributed by atoms with E-state index in [9.17, 15) is 27.5 Å². The molecular formula is C20H18Cl2F4N2O2. The lowest BCUT2D eigenvalue weighted by Gasteiger charge is -2.41. The third-order valence-corrected chi connectivity index (χ3v) is 6.05. The molecule has 0 spiro atoms. The average molecular weight is 465 g/mol. The van der Waals surface area contributed by atoms with Crippen LogP contribution in [0.5, 0.6) is 0 Å². The minimum absolute atomic E-state index is 0.0236. The van der Waals surface area contributed by atoms with Gasteiger partial charge >= 0.3 is 0 Å². The minimum Gasteiger partial charge on any atom is -0.387 e. The average Bonchev–Trinajstić information content (AvgIpc) is 2.70. The van der Waals surface area contributed by atoms with Crippen molar-refractivity contribution in [3.8, 4) is 0 Å². The normalized spacial score (nSPS) is 22.7. The number of aliphatic hydroxyl groups is 1. The van der Waals surface area contributed by atoms with E-state index in [4.69, 9.17) is 23.2 Å². The molecule has 1 amide bonds. The number of rotatable bonds is 5. The van der Waals surface area contributed by atoms with E-state index >= 15 is 0 Å². The summed E-state index contributed by atoms with van der Waals surface area (Å²) in [7, 11) is 0. The first-order chi connectivity index (χ1) is 14.1. The number of pyridine rings is 1. The number of alkyl halides is 3. The first-order valence-electron chi connectivity index (χ1n) is 9.18. The predicted octanol–water partition coefficient (Wildman–Crippen LogP) is 5.58. The molecular weight excluding hydrogens is 447 g/mol. The lowest BCUT2D eigenvalue weighted by Crippen LogP contribution is -2.49. The molecule has 10 heteroatoms. The quantitative estimate of drug-likeness (QED) is 0.567. The maximum Gasteiger partial charge on any atom is 0.272 e. The number of aromatic nitrogens is 1. The highest BCUT2D eigenvalue weighted by Gasteiger charge is 2.43. The minimum atomic E-state index is -2.93. The smallest absolute Gasteiger partial charge is 0.272 e. The van der Waals surface area contributed by atoms with Gasteiger partial charge in [0, 0.05) is 11.8 Å². The number of carbonyl (C=O) groups excluding carboxylic acids is 1. The van der Waals surface area contributed by atoms with Gasteiger partial charge in [0.2, 0.25) is 0 Å². The highest BCUT2D eigenvalue weighted by molar-refractivity contribution is 6.34. The molecule has 0 radical (unpaired) electrons. The van der Waals surface area contributed by atoms with Gasteiger partial charge in [0.25, 0.3) is 12.3 Å². The highest BCUT2D eigenvalue weighted by atomic mass is 35.5. The Labute approximate surface area is 180 Å². The van der Waals surface area contributed by atoms with Crippen LogP contribution < -0.4 is 5.32 Å². The van der Waals surface area contributed by atoms with Crippen molar-refractivity contribution in [2.75, 3.05) is 0 Å². The van der Waals surface area contributed by atoms with Gasteiger partial charge in [0.05, 0.1) is 21.7 Å². The van der Waals surface area contributed by atoms with Gasteiger partial charge in [0.1, 0.15) is 17.7 Å². The van der Waals surface area contributed by atoms with Crippen LogP contribution in [0.3, 0.4) is 0 Å². The van der Waals surface area contributed by atoms with Crippen molar-refractivity contribution in [2.45, 2.75) is 49.9 Å². The molecule has 0 aliphatic heterocycles. The number of carbonyl (C=O) groups is 1. The second kappa shape index (κ2) is 9.08. The molecule has 1 aliphatic rings. The van der Waals surface area contributed by atoms with Crippen LogP contribution in [-0.4, -0.2) is 27.8 Å². The van der Waals surface area contributed by atoms with Gasteiger partial charge < -0.3 is 10.4 Å². The molecule has 1 aliphatic carbocycles. The molecule has 1 heterocycles. The van der Waals surface area contributed by atoms with E-state index in [0.717, 1.165) is 18.3 Å². The number of hydrogen-bond acceptors (Lipinski definition) is 3. The second-order valence-electron chi connectivity index (χ2n) is 7.19. The standard InChI is InChI=1S/C20H18Cl2F4N2O2/c21-14-11(2-1-3-13(14)24)17(20(30)7-4-10(23)5-8-20)28-19(29)16-15(22)12(18(25)26)6-9-27-16/h1-3,6,9-10,17-18,30H,4-5,7-8H2,(H,28,29)/t10-,17?,20-. The SMILES string of the molecule is O=C(NC(c1cccc(F)c1Cl)[C@]1(O)CC[C@H](F)CC1)c1nccc(C(F)F)c1Cl. The first-order valence-corrected chi connectivity index (χ1v) is 9.93. The first kappa shape index (κ1) is 22.8. The lowest BCUT2D eigenvalue weighted by molar-refractivity contribution is -0.0446. The fraction of sp³-hybridized carbons (Fsp3) is 0.400. The summed E-state index contributed by atoms with van der Waals surface area (Å²) < 4.78 is 53.9. The number of benzene rings is 1. The molecule has 162 valence electrons. The number of hydrogen-bond donors (Lipinski definition) is 2. The monoisotopic (exact) mass is 464 g/mol. The molecule has 0 bridgehead atoms. The van der Waals surface area contributed by atoms with Gasteiger partial charge in [0.15, 0.2) is 0 Å². The molecule has 4 nitrogen and oxygen atoms in total. The zero-order chi connectivity index (χ0) is 22.1. The molecule has 1 saturated carbocycles. The molecule has 1 aromatic carbocycles. The fourth-order valence-corrected chi connectivity index (χ4v) is 4.12. The van der Waals surface area contributed by atoms with Crippen LogP contribution in [0.15, 0.2) is 30.5 Å². The predicted molar refractivity (Wildman–Crippen MR) is 104 cm³/mol. The molecule has 1 atom stereocenters. The van der Waals surface area contributed by atoms with Crippen LogP contribution in [0.2, 0.25) is 10.0 Å². The molecule has 1 fully saturated rings. The Balaban J connectivity index is 2.00. The van der Waals surface area contributed by atoms with E-state index in [1.54, 1.807) is 0 Å². The van der Waals surface area contributed by atoms with Gasteiger partial charge in [-0.05, 0) is 43.4 Å². The molecule has 1 unspecified atom stereocenters. The van der Waals surface area contributed by atoms with Crippen LogP contribution in [0.1, 0.15) is 59.8 Å². The van der Waals surface area contributed by atoms with Crippen molar-refractivity contribution in [1.82, 2.24) is 10.3 Å². The number of nitrogens with one attached hydrogen (secondary N) is 1. The van der Waals surface area contributed by atoms with Gasteiger partial charge in [-0.2, -0.15) is 0 Å². The van der Waals surface area contributed by atoms with Crippen molar-refractivity contribution < 1.29 is 27.5 Å². The summed E-state index contributed by atoms with van der Waals surface area (Å²) >= 11 is 12.0. The van der Waals surface area contributed by atoms with Crippen LogP contribution >= 0.6 is 23.2 Å². The van der Waals surface area contributed by atoms with Gasteiger partial charge in [-0.3, -0.25) is 4.79 Å². The van der Waals surface area contributed by atoms with Crippen molar-refractivity contribution >= 4 is 29.1 Å². The summed E-state index contributed by atoms with van der Waals surface area (Å²) in [6, 6.07) is 3.62. The van der Waals surface area contributed by atoms with Crippen molar-refractivity contribution in [3.05, 3.63) is 63.1 Å². The summed E-state index contributed by atoms with van der Waals surface area (Å²) in [6.45, 7) is 0. The van der Waals surface area contributed by atoms with E-state index in [1.165, 1.54) is 12.1 Å². The van der Waals surface area contributed by atoms with E-state index < -0.39 is 52.2 Å². The van der Waals surface area contributed by atoms with Crippen molar-refractivity contribution in [2.24, 2.45) is 0 Å². The van der Waals surface area contributed by atoms with Crippen LogP contribution in [0, 0.1) is 5.82 Å². The molecule has 30 heavy (non-hydrogen) atoms. The van der Waals surface area contributed by atoms with Gasteiger partial charge in [-0.25, -0.2) is 22.5 Å². The molecule has 0 saturated heterocycles. The highest BCUT2D eigenvalue weighted by Crippen LogP contribution is 2.42. The Morgan fingerprint density at radius 2 is 1.83 bits per heavy atom. The maximum absolute atomic E-state index is 14.1. The zero-order valence-electron chi connectivity index (χ0n) is 15.5. The third kappa shape index (κ3) is 4.55. The Morgan fingerprint density at radius 1 is 1.17 bits per heavy atom. The second-order valence-corrected chi connectivity index (χ2v) is 7.95. The topological polar surface area (TPSA) is 62.2 Å². The van der Waals surface area contributed by atoms with E-state index in [1.807, 2.05) is 0 Å². The van der Waals surface area contributed by atoms with Crippen LogP contribution in [0.25, 0.3) is 0 Å². The van der Waals surface area contributed by atoms with Crippen LogP contribution in [0.4, 0.5) is 17.6 Å². The summed E-state index contributed by atoms with van der Waals surface area (Å²) in [5.41, 5.74) is -2.61. The summed E-state index contributed by atoms with van der Waals surface area (Å²) in [6.07, 6.45) is -3.00. The Bertz CT molecular complexity index is 937. The lowest BCUT2D eigenvalue weighted by atomic mass is 9.76. The van der Waals surface area contributed by atoms with Gasteiger partial charge in [-0.1, -0.05) is 35.3 Å². The van der Waals surface area contributed by atoms with Gasteiger partial charge in [-0.15, -0.1) is 0 Å². The van der Waals surface area contributed by atoms with Crippen molar-refractivity contribution in [3.63, 3.8) is 0 Å². The van der Waals surface area contributed by atoms with Crippen molar-refractivity contribution in [1.29, 1.82) is 0 Å². The number of halogens is 6. The molecule has 2 aromatic rings. The maximum atomic E-state index is 14.1. The fourth-order valence-electron chi connectivity index (χ4n) is 3.60. The van der Waals surface area contributed by atoms with E-state index in [-0.39, 0.29) is 36.3 Å². The van der Waals surface area contributed by atoms with E-state index in [0.29, 0.717) is 0 Å². The van der Waals surface area contributed by atoms with E-state index in [2.05, 4.69) is 10.3 Å². The molecule has 1 aromatic heterocycles. The number of nitrogens with zero attached hydrogens (tertiary/aromatic N) is 1. The Morgan fingerprint density at radius 3 is 2.47 bits per heavy atom. The molecule has 2 N–H and O–H groups in total. The Hall–Kier alpha value is -1.90. The zero-order valence-corrected chi connectivity index (χ0v) is 17.0. The molecule has 3 rings (SSSR count). The Kier molecular flexibility index (Phi) is 6.89.